The zero-order valence-corrected chi connectivity index (χ0v) is 33.1. The molecule has 12 nitrogen and oxygen atoms in total. The summed E-state index contributed by atoms with van der Waals surface area (Å²) >= 11 is 0. The molecule has 2 heterocycles. The van der Waals surface area contributed by atoms with Crippen LogP contribution >= 0.6 is 0 Å². The molecule has 0 aromatic heterocycles. The number of rotatable bonds is 14. The van der Waals surface area contributed by atoms with Gasteiger partial charge in [0.1, 0.15) is 11.5 Å². The van der Waals surface area contributed by atoms with Gasteiger partial charge in [-0.15, -0.1) is 0 Å². The molecule has 56 heavy (non-hydrogen) atoms. The predicted octanol–water partition coefficient (Wildman–Crippen LogP) is 6.51. The predicted molar refractivity (Wildman–Crippen MR) is 210 cm³/mol. The Labute approximate surface area is 329 Å². The fourth-order valence-corrected chi connectivity index (χ4v) is 7.58. The van der Waals surface area contributed by atoms with E-state index in [1.807, 2.05) is 48.5 Å². The molecule has 0 saturated carbocycles. The van der Waals surface area contributed by atoms with Gasteiger partial charge in [0.25, 0.3) is 11.6 Å². The second-order valence-electron chi connectivity index (χ2n) is 13.9. The average molecular weight is 769 g/mol. The minimum absolute atomic E-state index is 0.118. The molecule has 0 aliphatic carbocycles. The van der Waals surface area contributed by atoms with Crippen LogP contribution in [0.15, 0.2) is 84.9 Å². The molecule has 2 atom stereocenters. The van der Waals surface area contributed by atoms with E-state index in [9.17, 15) is 9.59 Å². The molecule has 298 valence electrons. The minimum Gasteiger partial charge on any atom is -0.493 e. The van der Waals surface area contributed by atoms with E-state index in [1.54, 1.807) is 50.6 Å². The Hall–Kier alpha value is -5.46. The summed E-state index contributed by atoms with van der Waals surface area (Å²) in [7, 11) is 6.22. The zero-order chi connectivity index (χ0) is 39.7. The molecule has 2 aliphatic heterocycles. The number of nitrogens with zero attached hydrogens (tertiary/aromatic N) is 2. The Morgan fingerprint density at radius 2 is 0.911 bits per heavy atom. The molecule has 0 bridgehead atoms. The molecule has 0 radical (unpaired) electrons. The summed E-state index contributed by atoms with van der Waals surface area (Å²) in [4.78, 5) is 33.5. The van der Waals surface area contributed by atoms with E-state index < -0.39 is 23.5 Å². The van der Waals surface area contributed by atoms with E-state index in [4.69, 9.17) is 37.9 Å². The average Bonchev–Trinajstić information content (AvgIpc) is 3.44. The molecule has 0 saturated heterocycles. The van der Waals surface area contributed by atoms with Crippen molar-refractivity contribution in [2.75, 3.05) is 67.7 Å². The number of hydrogen-bond acceptors (Lipinski definition) is 12. The summed E-state index contributed by atoms with van der Waals surface area (Å²) in [6.45, 7) is 7.05. The summed E-state index contributed by atoms with van der Waals surface area (Å²) < 4.78 is 49.1. The van der Waals surface area contributed by atoms with Gasteiger partial charge in [0.05, 0.1) is 41.5 Å². The molecule has 0 N–H and O–H groups in total. The van der Waals surface area contributed by atoms with Crippen molar-refractivity contribution < 1.29 is 47.5 Å². The summed E-state index contributed by atoms with van der Waals surface area (Å²) in [6.07, 6.45) is 2.87. The third-order valence-electron chi connectivity index (χ3n) is 10.1. The number of benzene rings is 4. The van der Waals surface area contributed by atoms with Crippen LogP contribution in [0.25, 0.3) is 0 Å². The van der Waals surface area contributed by atoms with Crippen molar-refractivity contribution in [3.05, 3.63) is 107 Å². The van der Waals surface area contributed by atoms with Crippen LogP contribution in [-0.4, -0.2) is 89.4 Å². The van der Waals surface area contributed by atoms with Gasteiger partial charge in [-0.1, -0.05) is 50.2 Å². The van der Waals surface area contributed by atoms with Gasteiger partial charge in [-0.3, -0.25) is 9.80 Å². The standard InChI is InChI=1S/C44H52N2O10/c1-7-21-45-23-19-31-25-37(49-3)39(51-5)27-35(31)43(29-45,53-33-15-11-9-12-16-33)55-41(47)42(48)56-44(54-34-17-13-10-14-18-34)30-46(22-8-2)24-20-32-26-38(50-4)40(52-6)28-36(32)44/h9-18,25-28H,7-8,19-24,29-30H2,1-6H3. The van der Waals surface area contributed by atoms with Crippen LogP contribution in [0.4, 0.5) is 0 Å². The topological polar surface area (TPSA) is 114 Å². The number of ether oxygens (including phenoxy) is 8. The SMILES string of the molecule is CCCN1CCc2cc(OC)c(OC)cc2C(OC(=O)C(=O)OC2(Oc3ccccc3)CN(CCC)CCc3cc(OC)c(OC)cc32)(Oc2ccccc2)C1. The highest BCUT2D eigenvalue weighted by atomic mass is 16.8. The lowest BCUT2D eigenvalue weighted by molar-refractivity contribution is -0.232. The first kappa shape index (κ1) is 40.2. The normalized spacial score (nSPS) is 19.6. The third kappa shape index (κ3) is 8.66. The van der Waals surface area contributed by atoms with Crippen molar-refractivity contribution in [2.24, 2.45) is 0 Å². The first-order valence-electron chi connectivity index (χ1n) is 19.1. The monoisotopic (exact) mass is 768 g/mol. The number of carbonyl (C=O) groups is 2. The van der Waals surface area contributed by atoms with Crippen molar-refractivity contribution in [3.63, 3.8) is 0 Å². The lowest BCUT2D eigenvalue weighted by Crippen LogP contribution is -2.51. The number of hydrogen-bond donors (Lipinski definition) is 0. The lowest BCUT2D eigenvalue weighted by atomic mass is 9.96. The van der Waals surface area contributed by atoms with Crippen molar-refractivity contribution in [1.29, 1.82) is 0 Å². The van der Waals surface area contributed by atoms with Crippen LogP contribution < -0.4 is 28.4 Å². The number of fused-ring (bicyclic) bond motifs is 2. The van der Waals surface area contributed by atoms with Gasteiger partial charge in [0.15, 0.2) is 23.0 Å². The number of carbonyl (C=O) groups excluding carboxylic acids is 2. The van der Waals surface area contributed by atoms with Gasteiger partial charge in [-0.25, -0.2) is 9.59 Å². The largest absolute Gasteiger partial charge is 0.493 e. The van der Waals surface area contributed by atoms with E-state index in [-0.39, 0.29) is 13.1 Å². The van der Waals surface area contributed by atoms with Crippen molar-refractivity contribution in [3.8, 4) is 34.5 Å². The summed E-state index contributed by atoms with van der Waals surface area (Å²) in [5.41, 5.74) is 2.69. The van der Waals surface area contributed by atoms with Crippen LogP contribution in [0.2, 0.25) is 0 Å². The molecule has 4 aromatic rings. The fourth-order valence-electron chi connectivity index (χ4n) is 7.58. The van der Waals surface area contributed by atoms with Gasteiger partial charge in [-0.05, 0) is 98.4 Å². The van der Waals surface area contributed by atoms with Crippen LogP contribution in [0.1, 0.15) is 48.9 Å². The number of para-hydroxylation sites is 2. The van der Waals surface area contributed by atoms with Gasteiger partial charge >= 0.3 is 11.9 Å². The molecule has 6 rings (SSSR count). The first-order valence-corrected chi connectivity index (χ1v) is 19.1. The quantitative estimate of drug-likeness (QED) is 0.0792. The van der Waals surface area contributed by atoms with Crippen molar-refractivity contribution >= 4 is 11.9 Å². The van der Waals surface area contributed by atoms with E-state index in [2.05, 4.69) is 23.6 Å². The molecule has 12 heteroatoms. The molecular formula is C44H52N2O10. The van der Waals surface area contributed by atoms with Crippen molar-refractivity contribution in [2.45, 2.75) is 51.1 Å². The maximum atomic E-state index is 14.6. The molecule has 0 amide bonds. The second-order valence-corrected chi connectivity index (χ2v) is 13.9. The number of esters is 2. The summed E-state index contributed by atoms with van der Waals surface area (Å²) in [5.74, 6) is -3.39. The Kier molecular flexibility index (Phi) is 12.9. The Balaban J connectivity index is 1.48. The Morgan fingerprint density at radius 1 is 0.554 bits per heavy atom. The van der Waals surface area contributed by atoms with Crippen LogP contribution in [-0.2, 0) is 43.5 Å². The zero-order valence-electron chi connectivity index (χ0n) is 33.1. The highest BCUT2D eigenvalue weighted by Gasteiger charge is 2.50. The van der Waals surface area contributed by atoms with Crippen LogP contribution in [0.5, 0.6) is 34.5 Å². The lowest BCUT2D eigenvalue weighted by Gasteiger charge is -2.38. The smallest absolute Gasteiger partial charge is 0.421 e. The van der Waals surface area contributed by atoms with E-state index in [0.29, 0.717) is 84.6 Å². The molecule has 4 aromatic carbocycles. The molecular weight excluding hydrogens is 716 g/mol. The third-order valence-corrected chi connectivity index (χ3v) is 10.1. The van der Waals surface area contributed by atoms with Gasteiger partial charge in [0.2, 0.25) is 0 Å². The maximum absolute atomic E-state index is 14.6. The minimum atomic E-state index is -1.81. The van der Waals surface area contributed by atoms with Gasteiger partial charge < -0.3 is 37.9 Å². The van der Waals surface area contributed by atoms with Crippen LogP contribution in [0.3, 0.4) is 0 Å². The van der Waals surface area contributed by atoms with Gasteiger partial charge in [0, 0.05) is 24.2 Å². The molecule has 2 unspecified atom stereocenters. The van der Waals surface area contributed by atoms with Gasteiger partial charge in [-0.2, -0.15) is 0 Å². The number of methoxy groups -OCH3 is 4. The highest BCUT2D eigenvalue weighted by Crippen LogP contribution is 2.44. The van der Waals surface area contributed by atoms with Crippen molar-refractivity contribution in [1.82, 2.24) is 9.80 Å². The molecule has 2 aliphatic rings. The Bertz CT molecular complexity index is 1820. The Morgan fingerprint density at radius 3 is 1.25 bits per heavy atom. The van der Waals surface area contributed by atoms with E-state index in [1.165, 1.54) is 14.2 Å². The first-order chi connectivity index (χ1) is 27.2. The van der Waals surface area contributed by atoms with E-state index >= 15 is 0 Å². The highest BCUT2D eigenvalue weighted by molar-refractivity contribution is 6.30. The molecule has 0 spiro atoms. The fraction of sp³-hybridized carbons (Fsp3) is 0.409. The summed E-state index contributed by atoms with van der Waals surface area (Å²) in [6, 6.07) is 25.4. The summed E-state index contributed by atoms with van der Waals surface area (Å²) in [5, 5.41) is 0. The molecule has 0 fully saturated rings. The van der Waals surface area contributed by atoms with E-state index in [0.717, 1.165) is 24.0 Å². The maximum Gasteiger partial charge on any atom is 0.421 e. The second kappa shape index (κ2) is 18.0. The van der Waals surface area contributed by atoms with Crippen LogP contribution in [0, 0.1) is 0 Å².